The number of halogens is 1. The first kappa shape index (κ1) is 20.9. The van der Waals surface area contributed by atoms with E-state index in [1.165, 1.54) is 12.1 Å². The monoisotopic (exact) mass is 423 g/mol. The molecule has 0 saturated carbocycles. The van der Waals surface area contributed by atoms with E-state index in [9.17, 15) is 9.18 Å². The van der Waals surface area contributed by atoms with Crippen molar-refractivity contribution < 1.29 is 18.7 Å². The molecule has 4 rings (SSSR count). The van der Waals surface area contributed by atoms with Crippen LogP contribution in [0.15, 0.2) is 48.5 Å². The molecule has 7 heteroatoms. The molecule has 0 radical (unpaired) electrons. The maximum atomic E-state index is 13.3. The Hall–Kier alpha value is -3.35. The van der Waals surface area contributed by atoms with E-state index in [1.807, 2.05) is 35.2 Å². The molecule has 3 aromatic rings. The number of ether oxygens (including phenoxy) is 2. The highest BCUT2D eigenvalue weighted by molar-refractivity contribution is 5.93. The zero-order chi connectivity index (χ0) is 21.8. The molecule has 1 fully saturated rings. The zero-order valence-electron chi connectivity index (χ0n) is 17.7. The predicted octanol–water partition coefficient (Wildman–Crippen LogP) is 4.64. The van der Waals surface area contributed by atoms with Crippen LogP contribution < -0.4 is 9.47 Å². The minimum absolute atomic E-state index is 0.0883. The first-order valence-corrected chi connectivity index (χ1v) is 10.4. The lowest BCUT2D eigenvalue weighted by Gasteiger charge is -2.24. The lowest BCUT2D eigenvalue weighted by molar-refractivity contribution is 0.0748. The third-order valence-corrected chi connectivity index (χ3v) is 5.79. The molecule has 0 aliphatic carbocycles. The summed E-state index contributed by atoms with van der Waals surface area (Å²) in [6.45, 7) is 1.29. The summed E-state index contributed by atoms with van der Waals surface area (Å²) >= 11 is 0. The lowest BCUT2D eigenvalue weighted by atomic mass is 9.94. The van der Waals surface area contributed by atoms with Crippen LogP contribution in [-0.4, -0.2) is 48.3 Å². The van der Waals surface area contributed by atoms with Crippen LogP contribution in [0.4, 0.5) is 4.39 Å². The molecule has 0 unspecified atom stereocenters. The molecule has 2 aromatic carbocycles. The number of hydrogen-bond donors (Lipinski definition) is 1. The first-order valence-electron chi connectivity index (χ1n) is 10.4. The molecule has 6 nitrogen and oxygen atoms in total. The fraction of sp³-hybridized carbons (Fsp3) is 0.333. The van der Waals surface area contributed by atoms with Crippen LogP contribution in [0.1, 0.15) is 41.2 Å². The maximum absolute atomic E-state index is 13.3. The normalized spacial score (nSPS) is 16.6. The Balaban J connectivity index is 1.56. The average Bonchev–Trinajstić information content (AvgIpc) is 3.16. The Kier molecular flexibility index (Phi) is 6.21. The van der Waals surface area contributed by atoms with Crippen LogP contribution in [0.3, 0.4) is 0 Å². The molecule has 1 atom stereocenters. The SMILES string of the molecule is COc1ccc(OC)c(-c2cc(C(=O)N3CCCC[C@H](c4ccc(F)cc4)C3)[nH]n2)c1. The standard InChI is InChI=1S/C24H26FN3O3/c1-30-19-10-11-23(31-2)20(13-19)21-14-22(27-26-21)24(29)28-12-4-3-5-17(15-28)16-6-8-18(25)9-7-16/h6-11,13-14,17H,3-5,12,15H2,1-2H3,(H,26,27)/t17-/m0/s1. The number of hydrogen-bond acceptors (Lipinski definition) is 4. The number of benzene rings is 2. The molecule has 0 spiro atoms. The number of methoxy groups -OCH3 is 2. The van der Waals surface area contributed by atoms with Gasteiger partial charge in [-0.25, -0.2) is 4.39 Å². The van der Waals surface area contributed by atoms with Gasteiger partial charge in [0, 0.05) is 24.6 Å². The minimum Gasteiger partial charge on any atom is -0.497 e. The number of H-pyrrole nitrogens is 1. The third-order valence-electron chi connectivity index (χ3n) is 5.79. The molecule has 162 valence electrons. The van der Waals surface area contributed by atoms with Crippen molar-refractivity contribution in [1.82, 2.24) is 15.1 Å². The Morgan fingerprint density at radius 2 is 1.90 bits per heavy atom. The summed E-state index contributed by atoms with van der Waals surface area (Å²) < 4.78 is 24.1. The van der Waals surface area contributed by atoms with E-state index in [1.54, 1.807) is 20.3 Å². The van der Waals surface area contributed by atoms with Gasteiger partial charge in [0.15, 0.2) is 0 Å². The van der Waals surface area contributed by atoms with Crippen LogP contribution in [0, 0.1) is 5.82 Å². The van der Waals surface area contributed by atoms with Gasteiger partial charge in [0.1, 0.15) is 23.0 Å². The summed E-state index contributed by atoms with van der Waals surface area (Å²) in [5, 5.41) is 7.23. The van der Waals surface area contributed by atoms with E-state index in [4.69, 9.17) is 9.47 Å². The second kappa shape index (κ2) is 9.20. The maximum Gasteiger partial charge on any atom is 0.271 e. The second-order valence-corrected chi connectivity index (χ2v) is 7.73. The molecule has 1 N–H and O–H groups in total. The summed E-state index contributed by atoms with van der Waals surface area (Å²) in [7, 11) is 3.19. The molecule has 1 aromatic heterocycles. The van der Waals surface area contributed by atoms with Crippen molar-refractivity contribution in [2.24, 2.45) is 0 Å². The van der Waals surface area contributed by atoms with Crippen molar-refractivity contribution in [2.75, 3.05) is 27.3 Å². The summed E-state index contributed by atoms with van der Waals surface area (Å²) in [5.74, 6) is 1.18. The first-order chi connectivity index (χ1) is 15.1. The van der Waals surface area contributed by atoms with Crippen LogP contribution in [0.5, 0.6) is 11.5 Å². The Bertz CT molecular complexity index is 1050. The smallest absolute Gasteiger partial charge is 0.271 e. The van der Waals surface area contributed by atoms with Crippen molar-refractivity contribution in [2.45, 2.75) is 25.2 Å². The van der Waals surface area contributed by atoms with Gasteiger partial charge in [-0.3, -0.25) is 9.89 Å². The fourth-order valence-corrected chi connectivity index (χ4v) is 4.09. The molecule has 0 bridgehead atoms. The van der Waals surface area contributed by atoms with E-state index < -0.39 is 0 Å². The highest BCUT2D eigenvalue weighted by Gasteiger charge is 2.25. The Morgan fingerprint density at radius 3 is 2.65 bits per heavy atom. The van der Waals surface area contributed by atoms with Gasteiger partial charge in [-0.15, -0.1) is 0 Å². The largest absolute Gasteiger partial charge is 0.497 e. The van der Waals surface area contributed by atoms with Crippen molar-refractivity contribution in [3.63, 3.8) is 0 Å². The lowest BCUT2D eigenvalue weighted by Crippen LogP contribution is -2.34. The number of amides is 1. The van der Waals surface area contributed by atoms with Crippen molar-refractivity contribution in [3.8, 4) is 22.8 Å². The molecule has 1 amide bonds. The summed E-state index contributed by atoms with van der Waals surface area (Å²) in [4.78, 5) is 15.1. The van der Waals surface area contributed by atoms with Crippen LogP contribution in [0.25, 0.3) is 11.3 Å². The topological polar surface area (TPSA) is 67.5 Å². The summed E-state index contributed by atoms with van der Waals surface area (Å²) in [6.07, 6.45) is 2.94. The zero-order valence-corrected chi connectivity index (χ0v) is 17.7. The molecule has 2 heterocycles. The van der Waals surface area contributed by atoms with Crippen LogP contribution in [-0.2, 0) is 0 Å². The van der Waals surface area contributed by atoms with Crippen molar-refractivity contribution in [1.29, 1.82) is 0 Å². The fourth-order valence-electron chi connectivity index (χ4n) is 4.09. The van der Waals surface area contributed by atoms with Gasteiger partial charge in [0.05, 0.1) is 19.9 Å². The molecule has 1 saturated heterocycles. The third kappa shape index (κ3) is 4.55. The number of carbonyl (C=O) groups excluding carboxylic acids is 1. The highest BCUT2D eigenvalue weighted by Crippen LogP contribution is 2.33. The Labute approximate surface area is 181 Å². The second-order valence-electron chi connectivity index (χ2n) is 7.73. The number of likely N-dealkylation sites (tertiary alicyclic amines) is 1. The van der Waals surface area contributed by atoms with Crippen molar-refractivity contribution in [3.05, 3.63) is 65.6 Å². The number of aromatic nitrogens is 2. The van der Waals surface area contributed by atoms with Crippen molar-refractivity contribution >= 4 is 5.91 Å². The van der Waals surface area contributed by atoms with Gasteiger partial charge in [0.25, 0.3) is 5.91 Å². The summed E-state index contributed by atoms with van der Waals surface area (Å²) in [6, 6.07) is 13.8. The summed E-state index contributed by atoms with van der Waals surface area (Å²) in [5.41, 5.74) is 2.85. The quantitative estimate of drug-likeness (QED) is 0.649. The van der Waals surface area contributed by atoms with E-state index in [0.717, 1.165) is 30.4 Å². The molecule has 1 aliphatic heterocycles. The van der Waals surface area contributed by atoms with E-state index in [2.05, 4.69) is 10.2 Å². The number of rotatable bonds is 5. The average molecular weight is 423 g/mol. The minimum atomic E-state index is -0.247. The molecular formula is C24H26FN3O3. The number of aromatic amines is 1. The molecule has 31 heavy (non-hydrogen) atoms. The molecule has 1 aliphatic rings. The Morgan fingerprint density at radius 1 is 1.10 bits per heavy atom. The predicted molar refractivity (Wildman–Crippen MR) is 116 cm³/mol. The van der Waals surface area contributed by atoms with Gasteiger partial charge in [0.2, 0.25) is 0 Å². The number of nitrogens with one attached hydrogen (secondary N) is 1. The van der Waals surface area contributed by atoms with E-state index >= 15 is 0 Å². The highest BCUT2D eigenvalue weighted by atomic mass is 19.1. The van der Waals surface area contributed by atoms with Gasteiger partial charge >= 0.3 is 0 Å². The van der Waals surface area contributed by atoms with Crippen LogP contribution >= 0.6 is 0 Å². The number of carbonyl (C=O) groups is 1. The van der Waals surface area contributed by atoms with Gasteiger partial charge in [-0.1, -0.05) is 18.6 Å². The van der Waals surface area contributed by atoms with E-state index in [0.29, 0.717) is 36.0 Å². The van der Waals surface area contributed by atoms with Crippen LogP contribution in [0.2, 0.25) is 0 Å². The van der Waals surface area contributed by atoms with Gasteiger partial charge in [-0.05, 0) is 54.8 Å². The van der Waals surface area contributed by atoms with E-state index in [-0.39, 0.29) is 17.6 Å². The molecular weight excluding hydrogens is 397 g/mol. The number of nitrogens with zero attached hydrogens (tertiary/aromatic N) is 2. The van der Waals surface area contributed by atoms with Gasteiger partial charge in [-0.2, -0.15) is 5.10 Å². The van der Waals surface area contributed by atoms with Gasteiger partial charge < -0.3 is 14.4 Å².